The lowest BCUT2D eigenvalue weighted by atomic mass is 9.83. The van der Waals surface area contributed by atoms with Crippen molar-refractivity contribution in [1.82, 2.24) is 4.98 Å². The van der Waals surface area contributed by atoms with Crippen molar-refractivity contribution in [2.24, 2.45) is 0 Å². The fourth-order valence-electron chi connectivity index (χ4n) is 2.65. The molecule has 1 aliphatic heterocycles. The number of aryl methyl sites for hydroxylation is 1. The molecule has 2 heterocycles. The average Bonchev–Trinajstić information content (AvgIpc) is 2.75. The number of nitrogens with two attached hydrogens (primary N) is 1. The van der Waals surface area contributed by atoms with Crippen LogP contribution in [0.4, 0.5) is 5.82 Å². The van der Waals surface area contributed by atoms with Gasteiger partial charge < -0.3 is 25.3 Å². The number of ether oxygens (including phenoxy) is 1. The normalized spacial score (nSPS) is 19.0. The van der Waals surface area contributed by atoms with Crippen molar-refractivity contribution in [3.63, 3.8) is 0 Å². The van der Waals surface area contributed by atoms with Crippen molar-refractivity contribution >= 4 is 24.7 Å². The Kier molecular flexibility index (Phi) is 3.71. The Morgan fingerprint density at radius 1 is 1.43 bits per heavy atom. The third-order valence-electron chi connectivity index (χ3n) is 3.49. The number of pyridine rings is 1. The Morgan fingerprint density at radius 2 is 2.22 bits per heavy atom. The summed E-state index contributed by atoms with van der Waals surface area (Å²) in [5.41, 5.74) is 7.28. The number of fused-ring (bicyclic) bond motifs is 1. The highest BCUT2D eigenvalue weighted by Crippen LogP contribution is 2.34. The molecule has 8 heteroatoms. The van der Waals surface area contributed by atoms with Gasteiger partial charge in [-0.2, -0.15) is 0 Å². The minimum absolute atomic E-state index is 0.339. The Morgan fingerprint density at radius 3 is 2.91 bits per heavy atom. The molecular weight excluding hydrogens is 299 g/mol. The van der Waals surface area contributed by atoms with Crippen LogP contribution in [0.3, 0.4) is 0 Å². The predicted octanol–water partition coefficient (Wildman–Crippen LogP) is 0.659. The number of carbonyl (C=O) groups is 1. The predicted molar refractivity (Wildman–Crippen MR) is 82.5 cm³/mol. The first-order valence-electron chi connectivity index (χ1n) is 6.87. The molecule has 0 spiro atoms. The first kappa shape index (κ1) is 15.3. The van der Waals surface area contributed by atoms with Gasteiger partial charge in [-0.25, -0.2) is 4.98 Å². The van der Waals surface area contributed by atoms with Gasteiger partial charge in [0.25, 0.3) is 0 Å². The number of aliphatic carboxylic acids is 1. The van der Waals surface area contributed by atoms with Crippen LogP contribution in [-0.2, 0) is 15.2 Å². The van der Waals surface area contributed by atoms with Gasteiger partial charge >= 0.3 is 13.5 Å². The zero-order chi connectivity index (χ0) is 16.6. The van der Waals surface area contributed by atoms with Crippen molar-refractivity contribution in [2.75, 3.05) is 5.73 Å². The van der Waals surface area contributed by atoms with Gasteiger partial charge in [0.15, 0.2) is 5.79 Å². The fourth-order valence-corrected chi connectivity index (χ4v) is 2.65. The summed E-state index contributed by atoms with van der Waals surface area (Å²) in [7, 11) is 1.33. The van der Waals surface area contributed by atoms with Gasteiger partial charge in [-0.15, -0.1) is 0 Å². The van der Waals surface area contributed by atoms with Crippen molar-refractivity contribution in [1.29, 1.82) is 0 Å². The van der Waals surface area contributed by atoms with Crippen molar-refractivity contribution in [3.05, 3.63) is 41.6 Å². The highest BCUT2D eigenvalue weighted by atomic mass is 16.6. The van der Waals surface area contributed by atoms with Gasteiger partial charge in [0, 0.05) is 17.8 Å². The van der Waals surface area contributed by atoms with Crippen LogP contribution in [0.1, 0.15) is 17.5 Å². The summed E-state index contributed by atoms with van der Waals surface area (Å²) in [6.45, 7) is 1.75. The SMILES string of the molecule is Cc1cc(Oc2ccnc(N)c2)cc2c1C(O)(CC(=O)O)O[B]2. The topological polar surface area (TPSA) is 115 Å². The minimum atomic E-state index is -1.86. The summed E-state index contributed by atoms with van der Waals surface area (Å²) >= 11 is 0. The number of carboxylic acids is 1. The molecular formula is C15H14BN2O5. The maximum Gasteiger partial charge on any atom is 0.334 e. The van der Waals surface area contributed by atoms with Gasteiger partial charge in [0.05, 0.1) is 0 Å². The van der Waals surface area contributed by atoms with Crippen LogP contribution < -0.4 is 15.9 Å². The monoisotopic (exact) mass is 313 g/mol. The third kappa shape index (κ3) is 2.99. The lowest BCUT2D eigenvalue weighted by molar-refractivity contribution is -0.169. The standard InChI is InChI=1S/C15H14BN2O5/c1-8-4-10(22-9-2-3-18-12(17)6-9)5-11-14(8)15(21,23-16-11)7-13(19)20/h2-6,21H,7H2,1H3,(H2,17,18)(H,19,20). The number of carboxylic acid groups (broad SMARTS) is 1. The number of nitrogen functional groups attached to an aromatic ring is 1. The lowest BCUT2D eigenvalue weighted by Crippen LogP contribution is -2.30. The molecule has 1 aliphatic rings. The summed E-state index contributed by atoms with van der Waals surface area (Å²) in [5, 5.41) is 19.3. The van der Waals surface area contributed by atoms with Crippen LogP contribution in [0.5, 0.6) is 11.5 Å². The molecule has 1 aromatic heterocycles. The summed E-state index contributed by atoms with van der Waals surface area (Å²) in [5.74, 6) is -1.63. The molecule has 1 unspecified atom stereocenters. The Labute approximate surface area is 133 Å². The van der Waals surface area contributed by atoms with Crippen LogP contribution in [0, 0.1) is 6.92 Å². The molecule has 23 heavy (non-hydrogen) atoms. The quantitative estimate of drug-likeness (QED) is 0.710. The largest absolute Gasteiger partial charge is 0.481 e. The van der Waals surface area contributed by atoms with E-state index in [-0.39, 0.29) is 0 Å². The van der Waals surface area contributed by atoms with E-state index in [4.69, 9.17) is 20.2 Å². The molecule has 0 saturated heterocycles. The van der Waals surface area contributed by atoms with Crippen LogP contribution in [0.15, 0.2) is 30.5 Å². The van der Waals surface area contributed by atoms with E-state index in [1.54, 1.807) is 31.2 Å². The van der Waals surface area contributed by atoms with Gasteiger partial charge in [0.1, 0.15) is 23.7 Å². The molecule has 1 aromatic carbocycles. The third-order valence-corrected chi connectivity index (χ3v) is 3.49. The van der Waals surface area contributed by atoms with E-state index in [2.05, 4.69) is 4.98 Å². The second-order valence-corrected chi connectivity index (χ2v) is 5.31. The number of rotatable bonds is 4. The summed E-state index contributed by atoms with van der Waals surface area (Å²) in [4.78, 5) is 14.8. The molecule has 117 valence electrons. The molecule has 3 rings (SSSR count). The lowest BCUT2D eigenvalue weighted by Gasteiger charge is -2.24. The summed E-state index contributed by atoms with van der Waals surface area (Å²) in [6.07, 6.45) is 0.990. The number of benzene rings is 1. The molecule has 1 radical (unpaired) electrons. The fraction of sp³-hybridized carbons (Fsp3) is 0.200. The van der Waals surface area contributed by atoms with Crippen molar-refractivity contribution < 1.29 is 24.4 Å². The Bertz CT molecular complexity index is 782. The smallest absolute Gasteiger partial charge is 0.334 e. The molecule has 0 amide bonds. The van der Waals surface area contributed by atoms with Gasteiger partial charge in [-0.05, 0) is 36.1 Å². The van der Waals surface area contributed by atoms with Crippen LogP contribution in [0.25, 0.3) is 0 Å². The van der Waals surface area contributed by atoms with E-state index in [0.29, 0.717) is 33.9 Å². The average molecular weight is 313 g/mol. The number of aliphatic hydroxyl groups is 1. The zero-order valence-corrected chi connectivity index (χ0v) is 12.3. The van der Waals surface area contributed by atoms with E-state index < -0.39 is 18.2 Å². The number of anilines is 1. The van der Waals surface area contributed by atoms with E-state index >= 15 is 0 Å². The minimum Gasteiger partial charge on any atom is -0.481 e. The summed E-state index contributed by atoms with van der Waals surface area (Å²) < 4.78 is 10.9. The number of nitrogens with zero attached hydrogens (tertiary/aromatic N) is 1. The second kappa shape index (κ2) is 5.56. The van der Waals surface area contributed by atoms with E-state index in [1.165, 1.54) is 13.7 Å². The maximum absolute atomic E-state index is 10.9. The molecule has 2 aromatic rings. The van der Waals surface area contributed by atoms with Crippen molar-refractivity contribution in [3.8, 4) is 11.5 Å². The Balaban J connectivity index is 1.93. The molecule has 0 aliphatic carbocycles. The van der Waals surface area contributed by atoms with Gasteiger partial charge in [-0.3, -0.25) is 4.79 Å². The molecule has 0 saturated carbocycles. The Hall–Kier alpha value is -2.58. The maximum atomic E-state index is 10.9. The highest BCUT2D eigenvalue weighted by Gasteiger charge is 2.42. The van der Waals surface area contributed by atoms with Crippen molar-refractivity contribution in [2.45, 2.75) is 19.1 Å². The van der Waals surface area contributed by atoms with E-state index in [0.717, 1.165) is 0 Å². The summed E-state index contributed by atoms with van der Waals surface area (Å²) in [6, 6.07) is 6.62. The van der Waals surface area contributed by atoms with Crippen LogP contribution >= 0.6 is 0 Å². The highest BCUT2D eigenvalue weighted by molar-refractivity contribution is 6.49. The molecule has 1 atom stereocenters. The number of hydrogen-bond donors (Lipinski definition) is 3. The molecule has 4 N–H and O–H groups in total. The van der Waals surface area contributed by atoms with Gasteiger partial charge in [-0.1, -0.05) is 0 Å². The first-order valence-corrected chi connectivity index (χ1v) is 6.87. The zero-order valence-electron chi connectivity index (χ0n) is 12.3. The van der Waals surface area contributed by atoms with Crippen LogP contribution in [-0.4, -0.2) is 28.6 Å². The number of hydrogen-bond acceptors (Lipinski definition) is 6. The number of aromatic nitrogens is 1. The van der Waals surface area contributed by atoms with Gasteiger partial charge in [0.2, 0.25) is 0 Å². The molecule has 0 bridgehead atoms. The van der Waals surface area contributed by atoms with E-state index in [9.17, 15) is 9.90 Å². The van der Waals surface area contributed by atoms with E-state index in [1.807, 2.05) is 0 Å². The molecule has 7 nitrogen and oxygen atoms in total. The molecule has 0 fully saturated rings. The first-order chi connectivity index (χ1) is 10.9. The van der Waals surface area contributed by atoms with Crippen LogP contribution in [0.2, 0.25) is 0 Å². The second-order valence-electron chi connectivity index (χ2n) is 5.31.